The van der Waals surface area contributed by atoms with Crippen LogP contribution in [0.4, 0.5) is 4.39 Å². The minimum atomic E-state index is -1.62. The number of hydrogen-bond acceptors (Lipinski definition) is 4. The van der Waals surface area contributed by atoms with Gasteiger partial charge in [-0.15, -0.1) is 0 Å². The molecule has 0 aromatic heterocycles. The Balaban J connectivity index is 2.13. The van der Waals surface area contributed by atoms with Crippen LogP contribution in [0.1, 0.15) is 5.56 Å². The molecule has 0 unspecified atom stereocenters. The first-order valence-electron chi connectivity index (χ1n) is 6.12. The van der Waals surface area contributed by atoms with E-state index in [9.17, 15) is 14.4 Å². The van der Waals surface area contributed by atoms with E-state index in [4.69, 9.17) is 0 Å². The molecule has 2 rings (SSSR count). The van der Waals surface area contributed by atoms with Crippen LogP contribution in [-0.4, -0.2) is 60.2 Å². The van der Waals surface area contributed by atoms with E-state index in [1.165, 1.54) is 12.1 Å². The Morgan fingerprint density at radius 2 is 1.89 bits per heavy atom. The van der Waals surface area contributed by atoms with Crippen LogP contribution < -0.4 is 5.46 Å². The first-order chi connectivity index (χ1) is 8.58. The summed E-state index contributed by atoms with van der Waals surface area (Å²) in [5.74, 6) is -0.375. The average Bonchev–Trinajstić information content (AvgIpc) is 2.34. The molecule has 1 fully saturated rings. The van der Waals surface area contributed by atoms with Crippen molar-refractivity contribution in [2.45, 2.75) is 6.54 Å². The van der Waals surface area contributed by atoms with Crippen molar-refractivity contribution in [1.82, 2.24) is 9.80 Å². The van der Waals surface area contributed by atoms with Gasteiger partial charge in [0.2, 0.25) is 0 Å². The lowest BCUT2D eigenvalue weighted by Gasteiger charge is -2.32. The number of halogens is 1. The van der Waals surface area contributed by atoms with Gasteiger partial charge >= 0.3 is 7.12 Å². The SMILES string of the molecule is CN1CCN(Cc2c(F)cccc2B(O)O)CC1. The quantitative estimate of drug-likeness (QED) is 0.695. The summed E-state index contributed by atoms with van der Waals surface area (Å²) in [6, 6.07) is 4.41. The minimum Gasteiger partial charge on any atom is -0.423 e. The zero-order valence-electron chi connectivity index (χ0n) is 10.5. The van der Waals surface area contributed by atoms with Crippen molar-refractivity contribution in [3.63, 3.8) is 0 Å². The van der Waals surface area contributed by atoms with Gasteiger partial charge in [0.15, 0.2) is 0 Å². The van der Waals surface area contributed by atoms with Crippen LogP contribution in [0, 0.1) is 5.82 Å². The molecule has 1 aromatic carbocycles. The van der Waals surface area contributed by atoms with Crippen molar-refractivity contribution in [1.29, 1.82) is 0 Å². The minimum absolute atomic E-state index is 0.258. The molecule has 4 nitrogen and oxygen atoms in total. The molecule has 0 atom stereocenters. The topological polar surface area (TPSA) is 46.9 Å². The summed E-state index contributed by atoms with van der Waals surface area (Å²) in [6.45, 7) is 4.06. The molecule has 1 aliphatic heterocycles. The predicted molar refractivity (Wildman–Crippen MR) is 69.0 cm³/mol. The second-order valence-electron chi connectivity index (χ2n) is 4.76. The Bertz CT molecular complexity index is 409. The third-order valence-electron chi connectivity index (χ3n) is 3.41. The van der Waals surface area contributed by atoms with E-state index in [0.717, 1.165) is 26.2 Å². The van der Waals surface area contributed by atoms with E-state index in [-0.39, 0.29) is 11.3 Å². The monoisotopic (exact) mass is 252 g/mol. The molecule has 1 heterocycles. The lowest BCUT2D eigenvalue weighted by molar-refractivity contribution is 0.147. The molecule has 98 valence electrons. The van der Waals surface area contributed by atoms with Gasteiger partial charge in [0, 0.05) is 38.3 Å². The molecule has 0 bridgehead atoms. The van der Waals surface area contributed by atoms with Crippen molar-refractivity contribution in [3.05, 3.63) is 29.6 Å². The Morgan fingerprint density at radius 1 is 1.22 bits per heavy atom. The Labute approximate surface area is 107 Å². The summed E-state index contributed by atoms with van der Waals surface area (Å²) in [5.41, 5.74) is 0.644. The van der Waals surface area contributed by atoms with Gasteiger partial charge in [-0.05, 0) is 18.6 Å². The van der Waals surface area contributed by atoms with E-state index < -0.39 is 7.12 Å². The normalized spacial score (nSPS) is 18.0. The molecule has 0 saturated carbocycles. The molecule has 2 N–H and O–H groups in total. The Kier molecular flexibility index (Phi) is 4.34. The maximum atomic E-state index is 13.8. The van der Waals surface area contributed by atoms with Gasteiger partial charge in [-0.3, -0.25) is 4.90 Å². The van der Waals surface area contributed by atoms with E-state index in [0.29, 0.717) is 12.1 Å². The van der Waals surface area contributed by atoms with Crippen LogP contribution in [0.25, 0.3) is 0 Å². The predicted octanol–water partition coefficient (Wildman–Crippen LogP) is -0.747. The van der Waals surface area contributed by atoms with Crippen LogP contribution >= 0.6 is 0 Å². The summed E-state index contributed by atoms with van der Waals surface area (Å²) in [6.07, 6.45) is 0. The highest BCUT2D eigenvalue weighted by Crippen LogP contribution is 2.10. The molecular weight excluding hydrogens is 234 g/mol. The van der Waals surface area contributed by atoms with E-state index >= 15 is 0 Å². The first kappa shape index (κ1) is 13.5. The van der Waals surface area contributed by atoms with Crippen LogP contribution in [0.15, 0.2) is 18.2 Å². The van der Waals surface area contributed by atoms with Crippen molar-refractivity contribution >= 4 is 12.6 Å². The molecule has 0 spiro atoms. The Morgan fingerprint density at radius 3 is 2.50 bits per heavy atom. The van der Waals surface area contributed by atoms with Gasteiger partial charge < -0.3 is 14.9 Å². The third-order valence-corrected chi connectivity index (χ3v) is 3.41. The van der Waals surface area contributed by atoms with Crippen LogP contribution in [0.2, 0.25) is 0 Å². The van der Waals surface area contributed by atoms with Gasteiger partial charge in [0.1, 0.15) is 5.82 Å². The molecule has 1 aromatic rings. The van der Waals surface area contributed by atoms with E-state index in [1.807, 2.05) is 0 Å². The fourth-order valence-corrected chi connectivity index (χ4v) is 2.21. The van der Waals surface area contributed by atoms with Crippen molar-refractivity contribution in [2.24, 2.45) is 0 Å². The maximum absolute atomic E-state index is 13.8. The van der Waals surface area contributed by atoms with Crippen molar-refractivity contribution in [3.8, 4) is 0 Å². The molecule has 0 aliphatic carbocycles. The highest BCUT2D eigenvalue weighted by atomic mass is 19.1. The summed E-state index contributed by atoms with van der Waals surface area (Å²) >= 11 is 0. The maximum Gasteiger partial charge on any atom is 0.488 e. The molecule has 0 radical (unpaired) electrons. The number of benzene rings is 1. The fourth-order valence-electron chi connectivity index (χ4n) is 2.21. The van der Waals surface area contributed by atoms with Crippen LogP contribution in [0.5, 0.6) is 0 Å². The Hall–Kier alpha value is -0.945. The number of nitrogens with zero attached hydrogens (tertiary/aromatic N) is 2. The third kappa shape index (κ3) is 3.08. The molecule has 6 heteroatoms. The zero-order valence-corrected chi connectivity index (χ0v) is 10.5. The smallest absolute Gasteiger partial charge is 0.423 e. The van der Waals surface area contributed by atoms with Gasteiger partial charge in [-0.2, -0.15) is 0 Å². The van der Waals surface area contributed by atoms with Crippen molar-refractivity contribution in [2.75, 3.05) is 33.2 Å². The molecule has 1 saturated heterocycles. The zero-order chi connectivity index (χ0) is 13.1. The molecule has 0 amide bonds. The lowest BCUT2D eigenvalue weighted by Crippen LogP contribution is -2.45. The second-order valence-corrected chi connectivity index (χ2v) is 4.76. The summed E-state index contributed by atoms with van der Waals surface area (Å²) in [4.78, 5) is 4.35. The summed E-state index contributed by atoms with van der Waals surface area (Å²) in [7, 11) is 0.437. The highest BCUT2D eigenvalue weighted by Gasteiger charge is 2.22. The number of rotatable bonds is 3. The number of likely N-dealkylation sites (N-methyl/N-ethyl adjacent to an activating group) is 1. The molecule has 1 aliphatic rings. The summed E-state index contributed by atoms with van der Waals surface area (Å²) < 4.78 is 13.8. The molecule has 18 heavy (non-hydrogen) atoms. The first-order valence-corrected chi connectivity index (χ1v) is 6.12. The number of hydrogen-bond donors (Lipinski definition) is 2. The number of piperazine rings is 1. The van der Waals surface area contributed by atoms with Gasteiger partial charge in [-0.25, -0.2) is 4.39 Å². The van der Waals surface area contributed by atoms with Gasteiger partial charge in [0.25, 0.3) is 0 Å². The van der Waals surface area contributed by atoms with E-state index in [1.54, 1.807) is 6.07 Å². The average molecular weight is 252 g/mol. The highest BCUT2D eigenvalue weighted by molar-refractivity contribution is 6.59. The van der Waals surface area contributed by atoms with Gasteiger partial charge in [0.05, 0.1) is 0 Å². The second kappa shape index (κ2) is 5.80. The lowest BCUT2D eigenvalue weighted by atomic mass is 9.76. The standard InChI is InChI=1S/C12H18BFN2O2/c1-15-5-7-16(8-6-15)9-10-11(13(17)18)3-2-4-12(10)14/h2-4,17-18H,5-9H2,1H3. The van der Waals surface area contributed by atoms with Crippen LogP contribution in [0.3, 0.4) is 0 Å². The van der Waals surface area contributed by atoms with Crippen molar-refractivity contribution < 1.29 is 14.4 Å². The largest absolute Gasteiger partial charge is 0.488 e. The van der Waals surface area contributed by atoms with Crippen LogP contribution in [-0.2, 0) is 6.54 Å². The fraction of sp³-hybridized carbons (Fsp3) is 0.500. The van der Waals surface area contributed by atoms with Gasteiger partial charge in [-0.1, -0.05) is 12.1 Å². The molecular formula is C12H18BFN2O2. The summed E-state index contributed by atoms with van der Waals surface area (Å²) in [5, 5.41) is 18.5. The van der Waals surface area contributed by atoms with E-state index in [2.05, 4.69) is 16.8 Å².